The summed E-state index contributed by atoms with van der Waals surface area (Å²) in [6, 6.07) is 14.9. The summed E-state index contributed by atoms with van der Waals surface area (Å²) in [5, 5.41) is 20.1. The monoisotopic (exact) mass is 408 g/mol. The first kappa shape index (κ1) is 20.9. The third-order valence-electron chi connectivity index (χ3n) is 4.68. The number of ether oxygens (including phenoxy) is 1. The number of anilines is 1. The van der Waals surface area contributed by atoms with Crippen LogP contribution in [0.15, 0.2) is 54.1 Å². The summed E-state index contributed by atoms with van der Waals surface area (Å²) in [5.41, 5.74) is 0.798. The van der Waals surface area contributed by atoms with E-state index in [0.717, 1.165) is 0 Å². The van der Waals surface area contributed by atoms with Gasteiger partial charge in [0.05, 0.1) is 11.7 Å². The van der Waals surface area contributed by atoms with E-state index >= 15 is 0 Å². The maximum absolute atomic E-state index is 14.0. The average Bonchev–Trinajstić information content (AvgIpc) is 2.76. The number of carboxylic acids is 1. The molecule has 0 aliphatic carbocycles. The first-order chi connectivity index (χ1) is 14.5. The van der Waals surface area contributed by atoms with Gasteiger partial charge in [0, 0.05) is 31.7 Å². The number of amides is 1. The molecule has 8 heteroatoms. The van der Waals surface area contributed by atoms with Gasteiger partial charge in [0.15, 0.2) is 0 Å². The highest BCUT2D eigenvalue weighted by molar-refractivity contribution is 6.02. The molecule has 0 spiro atoms. The Hall–Kier alpha value is -3.86. The number of piperazine rings is 1. The third-order valence-corrected chi connectivity index (χ3v) is 4.68. The number of hydrogen-bond donors (Lipinski definition) is 0. The second-order valence-electron chi connectivity index (χ2n) is 6.60. The minimum Gasteiger partial charge on any atom is -0.546 e. The van der Waals surface area contributed by atoms with Crippen molar-refractivity contribution >= 4 is 23.6 Å². The lowest BCUT2D eigenvalue weighted by molar-refractivity contribution is -0.307. The van der Waals surface area contributed by atoms with Crippen LogP contribution in [0.5, 0.6) is 5.75 Å². The van der Waals surface area contributed by atoms with Crippen molar-refractivity contribution in [2.24, 2.45) is 0 Å². The average molecular weight is 408 g/mol. The number of carboxylic acid groups (broad SMARTS) is 1. The Morgan fingerprint density at radius 1 is 1.10 bits per heavy atom. The number of aliphatic carboxylic acids is 1. The van der Waals surface area contributed by atoms with Gasteiger partial charge in [0.25, 0.3) is 5.91 Å². The van der Waals surface area contributed by atoms with Crippen molar-refractivity contribution in [1.29, 1.82) is 5.26 Å². The zero-order valence-corrected chi connectivity index (χ0v) is 16.1. The second-order valence-corrected chi connectivity index (χ2v) is 6.60. The van der Waals surface area contributed by atoms with Gasteiger partial charge in [-0.3, -0.25) is 4.79 Å². The van der Waals surface area contributed by atoms with Crippen LogP contribution in [0.1, 0.15) is 5.56 Å². The Morgan fingerprint density at radius 3 is 2.43 bits per heavy atom. The van der Waals surface area contributed by atoms with E-state index in [1.165, 1.54) is 17.0 Å². The van der Waals surface area contributed by atoms with E-state index < -0.39 is 18.5 Å². The number of para-hydroxylation sites is 2. The van der Waals surface area contributed by atoms with E-state index in [1.54, 1.807) is 42.5 Å². The molecule has 1 aliphatic rings. The van der Waals surface area contributed by atoms with Crippen molar-refractivity contribution in [2.75, 3.05) is 37.7 Å². The summed E-state index contributed by atoms with van der Waals surface area (Å²) in [4.78, 5) is 26.9. The van der Waals surface area contributed by atoms with Gasteiger partial charge in [0.1, 0.15) is 29.8 Å². The maximum Gasteiger partial charge on any atom is 0.264 e. The Labute approximate surface area is 173 Å². The van der Waals surface area contributed by atoms with Crippen LogP contribution in [0.3, 0.4) is 0 Å². The van der Waals surface area contributed by atoms with E-state index in [2.05, 4.69) is 0 Å². The number of carbonyl (C=O) groups is 2. The SMILES string of the molecule is N#C/C(=C\c1ccccc1OCC(=O)[O-])C(=O)N1CCN(c2ccccc2F)CC1. The van der Waals surface area contributed by atoms with E-state index in [1.807, 2.05) is 11.0 Å². The zero-order valence-electron chi connectivity index (χ0n) is 16.1. The van der Waals surface area contributed by atoms with Crippen LogP contribution < -0.4 is 14.7 Å². The first-order valence-electron chi connectivity index (χ1n) is 9.32. The van der Waals surface area contributed by atoms with Crippen LogP contribution in [0.2, 0.25) is 0 Å². The Morgan fingerprint density at radius 2 is 1.77 bits per heavy atom. The lowest BCUT2D eigenvalue weighted by Gasteiger charge is -2.36. The van der Waals surface area contributed by atoms with Crippen molar-refractivity contribution in [3.05, 3.63) is 65.5 Å². The van der Waals surface area contributed by atoms with Gasteiger partial charge in [-0.2, -0.15) is 5.26 Å². The number of benzene rings is 2. The van der Waals surface area contributed by atoms with Gasteiger partial charge < -0.3 is 24.4 Å². The van der Waals surface area contributed by atoms with E-state index in [4.69, 9.17) is 4.74 Å². The van der Waals surface area contributed by atoms with E-state index in [0.29, 0.717) is 37.4 Å². The number of halogens is 1. The number of carbonyl (C=O) groups excluding carboxylic acids is 2. The summed E-state index contributed by atoms with van der Waals surface area (Å²) >= 11 is 0. The summed E-state index contributed by atoms with van der Waals surface area (Å²) in [6.07, 6.45) is 1.37. The van der Waals surface area contributed by atoms with Gasteiger partial charge in [-0.1, -0.05) is 30.3 Å². The molecule has 1 heterocycles. The molecule has 0 N–H and O–H groups in total. The molecule has 1 amide bonds. The molecule has 1 aliphatic heterocycles. The highest BCUT2D eigenvalue weighted by Gasteiger charge is 2.25. The molecule has 7 nitrogen and oxygen atoms in total. The summed E-state index contributed by atoms with van der Waals surface area (Å²) < 4.78 is 19.1. The highest BCUT2D eigenvalue weighted by atomic mass is 19.1. The minimum atomic E-state index is -1.38. The van der Waals surface area contributed by atoms with Crippen LogP contribution in [0.25, 0.3) is 6.08 Å². The van der Waals surface area contributed by atoms with Gasteiger partial charge in [-0.15, -0.1) is 0 Å². The smallest absolute Gasteiger partial charge is 0.264 e. The molecule has 0 radical (unpaired) electrons. The Kier molecular flexibility index (Phi) is 6.65. The molecule has 30 heavy (non-hydrogen) atoms. The van der Waals surface area contributed by atoms with Crippen LogP contribution >= 0.6 is 0 Å². The lowest BCUT2D eigenvalue weighted by atomic mass is 10.1. The number of nitriles is 1. The highest BCUT2D eigenvalue weighted by Crippen LogP contribution is 2.23. The van der Waals surface area contributed by atoms with Crippen LogP contribution in [0.4, 0.5) is 10.1 Å². The zero-order chi connectivity index (χ0) is 21.5. The predicted molar refractivity (Wildman–Crippen MR) is 106 cm³/mol. The van der Waals surface area contributed by atoms with Gasteiger partial charge in [-0.25, -0.2) is 4.39 Å². The molecule has 2 aromatic carbocycles. The van der Waals surface area contributed by atoms with Crippen molar-refractivity contribution in [3.63, 3.8) is 0 Å². The fraction of sp³-hybridized carbons (Fsp3) is 0.227. The Balaban J connectivity index is 1.71. The predicted octanol–water partition coefficient (Wildman–Crippen LogP) is 1.21. The minimum absolute atomic E-state index is 0.0983. The molecule has 2 aromatic rings. The van der Waals surface area contributed by atoms with Crippen molar-refractivity contribution in [1.82, 2.24) is 4.90 Å². The van der Waals surface area contributed by atoms with E-state index in [-0.39, 0.29) is 17.1 Å². The fourth-order valence-corrected chi connectivity index (χ4v) is 3.19. The normalized spacial score (nSPS) is 14.2. The molecule has 3 rings (SSSR count). The molecular weight excluding hydrogens is 389 g/mol. The molecule has 0 saturated carbocycles. The number of nitrogens with zero attached hydrogens (tertiary/aromatic N) is 3. The molecule has 1 fully saturated rings. The second kappa shape index (κ2) is 9.56. The number of rotatable bonds is 6. The summed E-state index contributed by atoms with van der Waals surface area (Å²) in [5.74, 6) is -1.91. The lowest BCUT2D eigenvalue weighted by Crippen LogP contribution is -2.49. The van der Waals surface area contributed by atoms with Gasteiger partial charge >= 0.3 is 0 Å². The van der Waals surface area contributed by atoms with Gasteiger partial charge in [-0.05, 0) is 24.3 Å². The van der Waals surface area contributed by atoms with Crippen LogP contribution in [0, 0.1) is 17.1 Å². The van der Waals surface area contributed by atoms with Gasteiger partial charge in [0.2, 0.25) is 0 Å². The topological polar surface area (TPSA) is 96.7 Å². The van der Waals surface area contributed by atoms with Crippen LogP contribution in [-0.2, 0) is 9.59 Å². The quantitative estimate of drug-likeness (QED) is 0.527. The van der Waals surface area contributed by atoms with Crippen molar-refractivity contribution in [3.8, 4) is 11.8 Å². The third kappa shape index (κ3) is 4.94. The molecular formula is C22H19FN3O4-. The van der Waals surface area contributed by atoms with Crippen LogP contribution in [-0.4, -0.2) is 49.6 Å². The molecule has 1 saturated heterocycles. The summed E-state index contributed by atoms with van der Waals surface area (Å²) in [7, 11) is 0. The maximum atomic E-state index is 14.0. The molecule has 0 unspecified atom stereocenters. The molecule has 0 aromatic heterocycles. The van der Waals surface area contributed by atoms with Crippen molar-refractivity contribution < 1.29 is 23.8 Å². The fourth-order valence-electron chi connectivity index (χ4n) is 3.19. The molecule has 0 atom stereocenters. The standard InChI is InChI=1S/C22H20FN3O4/c23-18-6-2-3-7-19(18)25-9-11-26(12-10-25)22(29)17(14-24)13-16-5-1-4-8-20(16)30-15-21(27)28/h1-8,13H,9-12,15H2,(H,27,28)/p-1/b17-13+. The summed E-state index contributed by atoms with van der Waals surface area (Å²) in [6.45, 7) is 0.927. The molecule has 0 bridgehead atoms. The molecule has 154 valence electrons. The van der Waals surface area contributed by atoms with E-state index in [9.17, 15) is 24.3 Å². The van der Waals surface area contributed by atoms with Crippen molar-refractivity contribution in [2.45, 2.75) is 0 Å². The largest absolute Gasteiger partial charge is 0.546 e. The first-order valence-corrected chi connectivity index (χ1v) is 9.32. The number of hydrogen-bond acceptors (Lipinski definition) is 6. The Bertz CT molecular complexity index is 1010.